The first-order chi connectivity index (χ1) is 10.0. The zero-order valence-electron chi connectivity index (χ0n) is 14.1. The molecule has 1 atom stereocenters. The van der Waals surface area contributed by atoms with Crippen molar-refractivity contribution in [3.8, 4) is 0 Å². The summed E-state index contributed by atoms with van der Waals surface area (Å²) in [5.41, 5.74) is 0.927. The number of piperazine rings is 1. The Kier molecular flexibility index (Phi) is 10.3. The average Bonchev–Trinajstić information content (AvgIpc) is 2.95. The first-order valence-electron chi connectivity index (χ1n) is 7.71. The number of hydrogen-bond acceptors (Lipinski definition) is 5. The van der Waals surface area contributed by atoms with E-state index in [-0.39, 0.29) is 36.3 Å². The van der Waals surface area contributed by atoms with E-state index >= 15 is 0 Å². The molecule has 1 unspecified atom stereocenters. The Balaban J connectivity index is 0.00000242. The van der Waals surface area contributed by atoms with Crippen molar-refractivity contribution in [2.24, 2.45) is 0 Å². The summed E-state index contributed by atoms with van der Waals surface area (Å²) in [6.45, 7) is 10.5. The summed E-state index contributed by atoms with van der Waals surface area (Å²) in [7, 11) is 0. The maximum Gasteiger partial charge on any atom is 0.223 e. The third-order valence-corrected chi connectivity index (χ3v) is 5.35. The summed E-state index contributed by atoms with van der Waals surface area (Å²) in [6, 6.07) is 0. The number of carbonyl (C=O) groups excluding carboxylic acids is 1. The molecule has 0 aliphatic carbocycles. The van der Waals surface area contributed by atoms with E-state index in [0.29, 0.717) is 13.0 Å². The van der Waals surface area contributed by atoms with Crippen LogP contribution in [-0.2, 0) is 10.3 Å². The van der Waals surface area contributed by atoms with Gasteiger partial charge >= 0.3 is 0 Å². The van der Waals surface area contributed by atoms with E-state index in [2.05, 4.69) is 34.8 Å². The molecule has 23 heavy (non-hydrogen) atoms. The van der Waals surface area contributed by atoms with Crippen molar-refractivity contribution < 1.29 is 4.79 Å². The molecule has 1 fully saturated rings. The van der Waals surface area contributed by atoms with Gasteiger partial charge in [-0.15, -0.1) is 36.2 Å². The number of nitrogens with zero attached hydrogens (tertiary/aromatic N) is 2. The predicted molar refractivity (Wildman–Crippen MR) is 101 cm³/mol. The Labute approximate surface area is 155 Å². The first-order valence-corrected chi connectivity index (χ1v) is 8.59. The smallest absolute Gasteiger partial charge is 0.223 e. The number of halogens is 2. The molecular formula is C15H28Cl2N4OS. The Hall–Kier alpha value is -0.400. The third-order valence-electron chi connectivity index (χ3n) is 4.12. The average molecular weight is 383 g/mol. The minimum Gasteiger partial charge on any atom is -0.340 e. The molecule has 1 amide bonds. The van der Waals surface area contributed by atoms with Crippen LogP contribution in [0.4, 0.5) is 0 Å². The van der Waals surface area contributed by atoms with Gasteiger partial charge in [0.05, 0.1) is 5.54 Å². The maximum atomic E-state index is 12.2. The monoisotopic (exact) mass is 382 g/mol. The lowest BCUT2D eigenvalue weighted by molar-refractivity contribution is -0.131. The van der Waals surface area contributed by atoms with Crippen LogP contribution in [0.25, 0.3) is 0 Å². The second kappa shape index (κ2) is 10.5. The zero-order valence-corrected chi connectivity index (χ0v) is 16.5. The molecule has 1 aliphatic rings. The minimum atomic E-state index is -0.136. The summed E-state index contributed by atoms with van der Waals surface area (Å²) in [6.07, 6.45) is 1.52. The molecule has 1 aliphatic heterocycles. The Bertz CT molecular complexity index is 480. The fraction of sp³-hybridized carbons (Fsp3) is 0.733. The van der Waals surface area contributed by atoms with Crippen LogP contribution in [0.3, 0.4) is 0 Å². The van der Waals surface area contributed by atoms with Crippen molar-refractivity contribution in [1.29, 1.82) is 0 Å². The van der Waals surface area contributed by atoms with Gasteiger partial charge in [0.2, 0.25) is 5.91 Å². The molecule has 0 spiro atoms. The van der Waals surface area contributed by atoms with Crippen molar-refractivity contribution >= 4 is 42.1 Å². The molecule has 0 aromatic carbocycles. The Morgan fingerprint density at radius 1 is 1.43 bits per heavy atom. The molecule has 134 valence electrons. The van der Waals surface area contributed by atoms with Crippen LogP contribution in [0.2, 0.25) is 0 Å². The van der Waals surface area contributed by atoms with Crippen LogP contribution in [0, 0.1) is 6.92 Å². The number of carbonyl (C=O) groups is 1. The van der Waals surface area contributed by atoms with Gasteiger partial charge in [0.15, 0.2) is 0 Å². The first kappa shape index (κ1) is 22.6. The molecule has 2 N–H and O–H groups in total. The SMILES string of the molecule is CCC(C)(NCCC(=O)N1CCNCC1)c1nc(C)cs1.Cl.Cl. The van der Waals surface area contributed by atoms with Gasteiger partial charge in [-0.25, -0.2) is 4.98 Å². The number of nitrogens with one attached hydrogen (secondary N) is 2. The summed E-state index contributed by atoms with van der Waals surface area (Å²) >= 11 is 1.69. The fourth-order valence-corrected chi connectivity index (χ4v) is 3.49. The highest BCUT2D eigenvalue weighted by Crippen LogP contribution is 2.27. The molecule has 5 nitrogen and oxygen atoms in total. The summed E-state index contributed by atoms with van der Waals surface area (Å²) < 4.78 is 0. The Morgan fingerprint density at radius 3 is 2.61 bits per heavy atom. The molecule has 0 radical (unpaired) electrons. The standard InChI is InChI=1S/C15H26N4OS.2ClH/c1-4-15(3,14-18-12(2)11-21-14)17-6-5-13(20)19-9-7-16-8-10-19;;/h11,16-17H,4-10H2,1-3H3;2*1H. The molecule has 2 rings (SSSR count). The molecule has 2 heterocycles. The van der Waals surface area contributed by atoms with E-state index in [0.717, 1.165) is 43.3 Å². The van der Waals surface area contributed by atoms with Crippen LogP contribution < -0.4 is 10.6 Å². The van der Waals surface area contributed by atoms with Crippen LogP contribution in [-0.4, -0.2) is 48.5 Å². The van der Waals surface area contributed by atoms with Gasteiger partial charge in [0, 0.05) is 50.2 Å². The van der Waals surface area contributed by atoms with Crippen molar-refractivity contribution in [3.63, 3.8) is 0 Å². The van der Waals surface area contributed by atoms with E-state index in [1.165, 1.54) is 0 Å². The van der Waals surface area contributed by atoms with Gasteiger partial charge in [-0.05, 0) is 20.3 Å². The summed E-state index contributed by atoms with van der Waals surface area (Å²) in [4.78, 5) is 18.7. The predicted octanol–water partition coefficient (Wildman–Crippen LogP) is 2.33. The number of aromatic nitrogens is 1. The van der Waals surface area contributed by atoms with Crippen LogP contribution in [0.1, 0.15) is 37.4 Å². The molecule has 1 aromatic heterocycles. The number of thiazole rings is 1. The van der Waals surface area contributed by atoms with E-state index in [9.17, 15) is 4.79 Å². The Morgan fingerprint density at radius 2 is 2.09 bits per heavy atom. The molecule has 0 saturated carbocycles. The van der Waals surface area contributed by atoms with Gasteiger partial charge in [0.25, 0.3) is 0 Å². The second-order valence-corrected chi connectivity index (χ2v) is 6.65. The van der Waals surface area contributed by atoms with E-state index < -0.39 is 0 Å². The van der Waals surface area contributed by atoms with Gasteiger partial charge in [-0.1, -0.05) is 6.92 Å². The quantitative estimate of drug-likeness (QED) is 0.792. The zero-order chi connectivity index (χ0) is 15.3. The largest absolute Gasteiger partial charge is 0.340 e. The van der Waals surface area contributed by atoms with Gasteiger partial charge in [0.1, 0.15) is 5.01 Å². The highest BCUT2D eigenvalue weighted by Gasteiger charge is 2.27. The van der Waals surface area contributed by atoms with Crippen LogP contribution in [0.15, 0.2) is 5.38 Å². The normalized spacial score (nSPS) is 16.9. The van der Waals surface area contributed by atoms with Crippen molar-refractivity contribution in [1.82, 2.24) is 20.5 Å². The van der Waals surface area contributed by atoms with Gasteiger partial charge in [-0.3, -0.25) is 4.79 Å². The van der Waals surface area contributed by atoms with Crippen LogP contribution >= 0.6 is 36.2 Å². The maximum absolute atomic E-state index is 12.2. The highest BCUT2D eigenvalue weighted by atomic mass is 35.5. The van der Waals surface area contributed by atoms with Gasteiger partial charge < -0.3 is 15.5 Å². The second-order valence-electron chi connectivity index (χ2n) is 5.79. The third kappa shape index (κ3) is 6.19. The summed E-state index contributed by atoms with van der Waals surface area (Å²) in [5, 5.41) is 9.99. The van der Waals surface area contributed by atoms with Crippen molar-refractivity contribution in [2.45, 2.75) is 39.2 Å². The molecule has 1 saturated heterocycles. The number of amides is 1. The van der Waals surface area contributed by atoms with Gasteiger partial charge in [-0.2, -0.15) is 0 Å². The van der Waals surface area contributed by atoms with E-state index in [4.69, 9.17) is 0 Å². The van der Waals surface area contributed by atoms with Crippen LogP contribution in [0.5, 0.6) is 0 Å². The summed E-state index contributed by atoms with van der Waals surface area (Å²) in [5.74, 6) is 0.248. The lowest BCUT2D eigenvalue weighted by Crippen LogP contribution is -2.47. The van der Waals surface area contributed by atoms with E-state index in [1.807, 2.05) is 11.8 Å². The number of aryl methyl sites for hydroxylation is 1. The molecule has 8 heteroatoms. The lowest BCUT2D eigenvalue weighted by Gasteiger charge is -2.30. The van der Waals surface area contributed by atoms with Crippen molar-refractivity contribution in [3.05, 3.63) is 16.1 Å². The fourth-order valence-electron chi connectivity index (χ4n) is 2.48. The number of hydrogen-bond donors (Lipinski definition) is 2. The topological polar surface area (TPSA) is 57.3 Å². The number of rotatable bonds is 6. The molecule has 0 bridgehead atoms. The van der Waals surface area contributed by atoms with E-state index in [1.54, 1.807) is 11.3 Å². The lowest BCUT2D eigenvalue weighted by atomic mass is 9.99. The molecule has 1 aromatic rings. The minimum absolute atomic E-state index is 0. The molecular weight excluding hydrogens is 355 g/mol. The van der Waals surface area contributed by atoms with Crippen molar-refractivity contribution in [2.75, 3.05) is 32.7 Å². The highest BCUT2D eigenvalue weighted by molar-refractivity contribution is 7.09.